The van der Waals surface area contributed by atoms with Gasteiger partial charge in [0.1, 0.15) is 11.6 Å². The van der Waals surface area contributed by atoms with Gasteiger partial charge in [0.25, 0.3) is 0 Å². The summed E-state index contributed by atoms with van der Waals surface area (Å²) in [5.41, 5.74) is 1.61. The predicted molar refractivity (Wildman–Crippen MR) is 137 cm³/mol. The zero-order valence-electron chi connectivity index (χ0n) is 20.5. The molecule has 0 bridgehead atoms. The summed E-state index contributed by atoms with van der Waals surface area (Å²) < 4.78 is 19.8. The minimum Gasteiger partial charge on any atom is -0.479 e. The summed E-state index contributed by atoms with van der Waals surface area (Å²) in [6.45, 7) is 6.57. The van der Waals surface area contributed by atoms with E-state index in [2.05, 4.69) is 24.1 Å². The van der Waals surface area contributed by atoms with Crippen molar-refractivity contribution in [3.05, 3.63) is 52.8 Å². The number of anilines is 2. The fourth-order valence-corrected chi connectivity index (χ4v) is 4.61. The van der Waals surface area contributed by atoms with Gasteiger partial charge in [-0.25, -0.2) is 9.18 Å². The molecule has 2 N–H and O–H groups in total. The third-order valence-corrected chi connectivity index (χ3v) is 6.39. The number of halogens is 2. The van der Waals surface area contributed by atoms with Crippen molar-refractivity contribution in [2.45, 2.75) is 71.4 Å². The number of hydrogen-bond acceptors (Lipinski definition) is 4. The Morgan fingerprint density at radius 3 is 2.49 bits per heavy atom. The Kier molecular flexibility index (Phi) is 9.38. The summed E-state index contributed by atoms with van der Waals surface area (Å²) in [5, 5.41) is 12.4. The molecule has 0 heterocycles. The zero-order valence-corrected chi connectivity index (χ0v) is 21.3. The molecule has 0 aliphatic heterocycles. The van der Waals surface area contributed by atoms with Crippen molar-refractivity contribution in [2.24, 2.45) is 5.92 Å². The van der Waals surface area contributed by atoms with Crippen LogP contribution < -0.4 is 15.0 Å². The molecule has 2 aromatic rings. The highest BCUT2D eigenvalue weighted by Gasteiger charge is 2.25. The van der Waals surface area contributed by atoms with Gasteiger partial charge in [0.05, 0.1) is 17.8 Å². The lowest BCUT2D eigenvalue weighted by Crippen LogP contribution is -2.40. The number of hydrogen-bond donors (Lipinski definition) is 2. The Labute approximate surface area is 211 Å². The zero-order chi connectivity index (χ0) is 25.5. The summed E-state index contributed by atoms with van der Waals surface area (Å²) in [5.74, 6) is -1.27. The predicted octanol–water partition coefficient (Wildman–Crippen LogP) is 6.31. The van der Waals surface area contributed by atoms with Crippen LogP contribution >= 0.6 is 11.6 Å². The fourth-order valence-electron chi connectivity index (χ4n) is 4.46. The lowest BCUT2D eigenvalue weighted by molar-refractivity contribution is -0.144. The fraction of sp³-hybridized carbons (Fsp3) is 0.481. The Morgan fingerprint density at radius 2 is 1.86 bits per heavy atom. The summed E-state index contributed by atoms with van der Waals surface area (Å²) in [6, 6.07) is 9.85. The van der Waals surface area contributed by atoms with Gasteiger partial charge in [0.15, 0.2) is 6.10 Å². The molecule has 6 nitrogen and oxygen atoms in total. The van der Waals surface area contributed by atoms with E-state index in [1.807, 2.05) is 6.07 Å². The third kappa shape index (κ3) is 7.59. The van der Waals surface area contributed by atoms with Crippen molar-refractivity contribution in [1.82, 2.24) is 0 Å². The van der Waals surface area contributed by atoms with Gasteiger partial charge in [-0.2, -0.15) is 0 Å². The van der Waals surface area contributed by atoms with Crippen LogP contribution in [0.2, 0.25) is 5.02 Å². The normalized spacial score (nSPS) is 15.0. The van der Waals surface area contributed by atoms with Crippen LogP contribution in [0.15, 0.2) is 36.4 Å². The lowest BCUT2D eigenvalue weighted by atomic mass is 9.93. The SMILES string of the molecule is CC(C)CN(c1ccc(OC(C)C(=O)O)cc1NC(=O)Cc1ccc(Cl)cc1F)C1CCCCC1. The molecular weight excluding hydrogens is 471 g/mol. The standard InChI is InChI=1S/C27H34ClFN2O4/c1-17(2)16-31(21-7-5-4-6-8-21)25-12-11-22(35-18(3)27(33)34)15-24(25)30-26(32)13-19-9-10-20(28)14-23(19)29/h9-12,14-15,17-18,21H,4-8,13,16H2,1-3H3,(H,30,32)(H,33,34). The van der Waals surface area contributed by atoms with Gasteiger partial charge in [0.2, 0.25) is 5.91 Å². The first kappa shape index (κ1) is 26.8. The maximum absolute atomic E-state index is 14.3. The van der Waals surface area contributed by atoms with E-state index in [9.17, 15) is 19.1 Å². The highest BCUT2D eigenvalue weighted by Crippen LogP contribution is 2.36. The molecule has 0 radical (unpaired) electrons. The highest BCUT2D eigenvalue weighted by molar-refractivity contribution is 6.30. The van der Waals surface area contributed by atoms with Crippen LogP contribution in [0.1, 0.15) is 58.4 Å². The molecule has 1 aliphatic carbocycles. The summed E-state index contributed by atoms with van der Waals surface area (Å²) in [6.07, 6.45) is 4.49. The van der Waals surface area contributed by atoms with Crippen LogP contribution in [0.3, 0.4) is 0 Å². The Bertz CT molecular complexity index is 1040. The Hall–Kier alpha value is -2.80. The molecule has 3 rings (SSSR count). The van der Waals surface area contributed by atoms with E-state index in [4.69, 9.17) is 16.3 Å². The molecule has 1 saturated carbocycles. The molecular formula is C27H34ClFN2O4. The quantitative estimate of drug-likeness (QED) is 0.396. The molecule has 35 heavy (non-hydrogen) atoms. The second-order valence-electron chi connectivity index (χ2n) is 9.58. The molecule has 2 aromatic carbocycles. The molecule has 1 fully saturated rings. The monoisotopic (exact) mass is 504 g/mol. The number of amides is 1. The van der Waals surface area contributed by atoms with Crippen LogP contribution in [-0.4, -0.2) is 35.7 Å². The number of carbonyl (C=O) groups excluding carboxylic acids is 1. The summed E-state index contributed by atoms with van der Waals surface area (Å²) in [4.78, 5) is 26.6. The Balaban J connectivity index is 1.93. The number of nitrogens with zero attached hydrogens (tertiary/aromatic N) is 1. The smallest absolute Gasteiger partial charge is 0.344 e. The van der Waals surface area contributed by atoms with Crippen molar-refractivity contribution in [1.29, 1.82) is 0 Å². The molecule has 0 spiro atoms. The van der Waals surface area contributed by atoms with E-state index in [1.54, 1.807) is 18.2 Å². The number of ether oxygens (including phenoxy) is 1. The van der Waals surface area contributed by atoms with Gasteiger partial charge < -0.3 is 20.1 Å². The topological polar surface area (TPSA) is 78.9 Å². The minimum atomic E-state index is -1.08. The molecule has 8 heteroatoms. The first-order valence-electron chi connectivity index (χ1n) is 12.2. The van der Waals surface area contributed by atoms with E-state index < -0.39 is 17.9 Å². The van der Waals surface area contributed by atoms with Crippen molar-refractivity contribution in [3.8, 4) is 5.75 Å². The number of carbonyl (C=O) groups is 2. The number of carboxylic acids is 1. The first-order valence-corrected chi connectivity index (χ1v) is 12.6. The number of carboxylic acid groups (broad SMARTS) is 1. The van der Waals surface area contributed by atoms with E-state index in [1.165, 1.54) is 25.5 Å². The van der Waals surface area contributed by atoms with E-state index in [0.29, 0.717) is 23.4 Å². The van der Waals surface area contributed by atoms with Gasteiger partial charge in [-0.1, -0.05) is 50.8 Å². The lowest BCUT2D eigenvalue weighted by Gasteiger charge is -2.38. The van der Waals surface area contributed by atoms with Crippen LogP contribution in [-0.2, 0) is 16.0 Å². The van der Waals surface area contributed by atoms with Crippen LogP contribution in [0, 0.1) is 11.7 Å². The number of aliphatic carboxylic acids is 1. The van der Waals surface area contributed by atoms with E-state index >= 15 is 0 Å². The second-order valence-corrected chi connectivity index (χ2v) is 10.0. The number of benzene rings is 2. The molecule has 1 amide bonds. The van der Waals surface area contributed by atoms with Gasteiger partial charge in [-0.05, 0) is 55.5 Å². The Morgan fingerprint density at radius 1 is 1.14 bits per heavy atom. The largest absolute Gasteiger partial charge is 0.479 e. The molecule has 1 atom stereocenters. The molecule has 190 valence electrons. The minimum absolute atomic E-state index is 0.160. The van der Waals surface area contributed by atoms with E-state index in [-0.39, 0.29) is 22.9 Å². The van der Waals surface area contributed by atoms with Crippen molar-refractivity contribution in [2.75, 3.05) is 16.8 Å². The van der Waals surface area contributed by atoms with E-state index in [0.717, 1.165) is 37.9 Å². The average Bonchev–Trinajstić information content (AvgIpc) is 2.80. The van der Waals surface area contributed by atoms with Crippen molar-refractivity contribution < 1.29 is 23.8 Å². The summed E-state index contributed by atoms with van der Waals surface area (Å²) in [7, 11) is 0. The van der Waals surface area contributed by atoms with Crippen LogP contribution in [0.25, 0.3) is 0 Å². The maximum Gasteiger partial charge on any atom is 0.344 e. The van der Waals surface area contributed by atoms with Crippen LogP contribution in [0.5, 0.6) is 5.75 Å². The molecule has 1 aliphatic rings. The second kappa shape index (κ2) is 12.2. The van der Waals surface area contributed by atoms with Crippen molar-refractivity contribution in [3.63, 3.8) is 0 Å². The number of rotatable bonds is 10. The van der Waals surface area contributed by atoms with Gasteiger partial charge >= 0.3 is 5.97 Å². The van der Waals surface area contributed by atoms with Gasteiger partial charge in [-0.15, -0.1) is 0 Å². The maximum atomic E-state index is 14.3. The van der Waals surface area contributed by atoms with Crippen LogP contribution in [0.4, 0.5) is 15.8 Å². The molecule has 0 aromatic heterocycles. The highest BCUT2D eigenvalue weighted by atomic mass is 35.5. The van der Waals surface area contributed by atoms with Gasteiger partial charge in [0, 0.05) is 23.7 Å². The van der Waals surface area contributed by atoms with Crippen molar-refractivity contribution >= 4 is 34.9 Å². The summed E-state index contributed by atoms with van der Waals surface area (Å²) >= 11 is 5.83. The molecule has 0 saturated heterocycles. The first-order chi connectivity index (χ1) is 16.6. The number of nitrogens with one attached hydrogen (secondary N) is 1. The average molecular weight is 505 g/mol. The molecule has 1 unspecified atom stereocenters. The van der Waals surface area contributed by atoms with Gasteiger partial charge in [-0.3, -0.25) is 4.79 Å². The third-order valence-electron chi connectivity index (χ3n) is 6.16.